The van der Waals surface area contributed by atoms with Gasteiger partial charge in [-0.15, -0.1) is 0 Å². The van der Waals surface area contributed by atoms with Crippen molar-refractivity contribution in [2.24, 2.45) is 11.8 Å². The molecule has 1 fully saturated rings. The molecule has 0 saturated heterocycles. The Morgan fingerprint density at radius 3 is 2.54 bits per heavy atom. The number of urea groups is 1. The summed E-state index contributed by atoms with van der Waals surface area (Å²) < 4.78 is 0. The summed E-state index contributed by atoms with van der Waals surface area (Å²) in [5, 5.41) is 2.82. The Labute approximate surface area is 79.2 Å². The smallest absolute Gasteiger partial charge is 0.329 e. The maximum Gasteiger partial charge on any atom is 0.329 e. The quantitative estimate of drug-likeness (QED) is 0.343. The highest BCUT2D eigenvalue weighted by atomic mass is 16.2. The minimum absolute atomic E-state index is 0.240. The molecule has 0 spiro atoms. The second kappa shape index (κ2) is 5.07. The first kappa shape index (κ1) is 10.3. The second-order valence-electron chi connectivity index (χ2n) is 3.80. The van der Waals surface area contributed by atoms with Crippen molar-refractivity contribution in [3.63, 3.8) is 0 Å². The van der Waals surface area contributed by atoms with Crippen LogP contribution >= 0.6 is 0 Å². The third-order valence-electron chi connectivity index (χ3n) is 2.85. The molecule has 13 heavy (non-hydrogen) atoms. The van der Waals surface area contributed by atoms with E-state index in [1.807, 2.05) is 6.92 Å². The van der Waals surface area contributed by atoms with E-state index in [-0.39, 0.29) is 12.1 Å². The Balaban J connectivity index is 2.28. The molecule has 1 saturated carbocycles. The fourth-order valence-electron chi connectivity index (χ4n) is 2.00. The number of nitrogens with two attached hydrogens (primary N) is 1. The third-order valence-corrected chi connectivity index (χ3v) is 2.85. The van der Waals surface area contributed by atoms with Crippen molar-refractivity contribution in [2.45, 2.75) is 45.1 Å². The zero-order valence-electron chi connectivity index (χ0n) is 8.18. The molecule has 1 unspecified atom stereocenters. The molecule has 0 aromatic rings. The molecule has 76 valence electrons. The largest absolute Gasteiger partial charge is 0.334 e. The van der Waals surface area contributed by atoms with Crippen molar-refractivity contribution in [1.29, 1.82) is 0 Å². The Bertz CT molecular complexity index is 166. The average molecular weight is 185 g/mol. The van der Waals surface area contributed by atoms with E-state index in [1.165, 1.54) is 32.1 Å². The van der Waals surface area contributed by atoms with Crippen molar-refractivity contribution >= 4 is 6.03 Å². The van der Waals surface area contributed by atoms with Crippen molar-refractivity contribution in [3.8, 4) is 0 Å². The van der Waals surface area contributed by atoms with E-state index < -0.39 is 0 Å². The van der Waals surface area contributed by atoms with Crippen LogP contribution in [-0.4, -0.2) is 12.1 Å². The lowest BCUT2D eigenvalue weighted by molar-refractivity contribution is 0.225. The molecule has 4 N–H and O–H groups in total. The fourth-order valence-corrected chi connectivity index (χ4v) is 2.00. The van der Waals surface area contributed by atoms with Crippen LogP contribution in [0.25, 0.3) is 0 Å². The molecule has 0 aromatic heterocycles. The zero-order valence-corrected chi connectivity index (χ0v) is 8.18. The molecule has 1 rings (SSSR count). The summed E-state index contributed by atoms with van der Waals surface area (Å²) in [6.07, 6.45) is 6.38. The van der Waals surface area contributed by atoms with Gasteiger partial charge >= 0.3 is 6.03 Å². The van der Waals surface area contributed by atoms with Crippen LogP contribution in [0.2, 0.25) is 0 Å². The van der Waals surface area contributed by atoms with Gasteiger partial charge in [0.1, 0.15) is 0 Å². The Kier molecular flexibility index (Phi) is 4.02. The van der Waals surface area contributed by atoms with Crippen LogP contribution in [0.3, 0.4) is 0 Å². The van der Waals surface area contributed by atoms with Crippen LogP contribution < -0.4 is 16.6 Å². The minimum Gasteiger partial charge on any atom is -0.334 e. The van der Waals surface area contributed by atoms with Gasteiger partial charge in [0.2, 0.25) is 0 Å². The SMILES string of the molecule is CC(NC(=O)NN)C1CCCCC1. The van der Waals surface area contributed by atoms with E-state index in [9.17, 15) is 4.79 Å². The first-order valence-corrected chi connectivity index (χ1v) is 5.01. The lowest BCUT2D eigenvalue weighted by Crippen LogP contribution is -2.46. The lowest BCUT2D eigenvalue weighted by Gasteiger charge is -2.27. The van der Waals surface area contributed by atoms with Crippen LogP contribution in [0.4, 0.5) is 4.79 Å². The van der Waals surface area contributed by atoms with Gasteiger partial charge in [-0.2, -0.15) is 0 Å². The van der Waals surface area contributed by atoms with Gasteiger partial charge in [-0.25, -0.2) is 10.6 Å². The number of carbonyl (C=O) groups is 1. The number of hydrogen-bond acceptors (Lipinski definition) is 2. The highest BCUT2D eigenvalue weighted by Gasteiger charge is 2.20. The summed E-state index contributed by atoms with van der Waals surface area (Å²) in [4.78, 5) is 10.9. The molecule has 0 aromatic carbocycles. The number of hydrazine groups is 1. The van der Waals surface area contributed by atoms with Crippen LogP contribution in [0.15, 0.2) is 0 Å². The van der Waals surface area contributed by atoms with Gasteiger partial charge in [-0.05, 0) is 25.7 Å². The highest BCUT2D eigenvalue weighted by Crippen LogP contribution is 2.26. The molecule has 4 nitrogen and oxygen atoms in total. The van der Waals surface area contributed by atoms with E-state index in [2.05, 4.69) is 10.7 Å². The van der Waals surface area contributed by atoms with Gasteiger partial charge in [-0.3, -0.25) is 5.43 Å². The van der Waals surface area contributed by atoms with Crippen LogP contribution in [0.5, 0.6) is 0 Å². The molecule has 4 heteroatoms. The summed E-state index contributed by atoms with van der Waals surface area (Å²) in [5.41, 5.74) is 2.08. The van der Waals surface area contributed by atoms with Crippen LogP contribution in [0.1, 0.15) is 39.0 Å². The molecule has 2 amide bonds. The fraction of sp³-hybridized carbons (Fsp3) is 0.889. The summed E-state index contributed by atoms with van der Waals surface area (Å²) in [6.45, 7) is 2.05. The summed E-state index contributed by atoms with van der Waals surface area (Å²) in [6, 6.07) is -0.0399. The summed E-state index contributed by atoms with van der Waals surface area (Å²) >= 11 is 0. The summed E-state index contributed by atoms with van der Waals surface area (Å²) in [5.74, 6) is 5.62. The molecular formula is C9H19N3O. The third kappa shape index (κ3) is 3.22. The Morgan fingerprint density at radius 1 is 1.38 bits per heavy atom. The number of hydrogen-bond donors (Lipinski definition) is 3. The monoisotopic (exact) mass is 185 g/mol. The van der Waals surface area contributed by atoms with Crippen LogP contribution in [0, 0.1) is 5.92 Å². The summed E-state index contributed by atoms with van der Waals surface area (Å²) in [7, 11) is 0. The Hall–Kier alpha value is -0.770. The van der Waals surface area contributed by atoms with Gasteiger partial charge in [0.25, 0.3) is 0 Å². The van der Waals surface area contributed by atoms with Crippen molar-refractivity contribution < 1.29 is 4.79 Å². The van der Waals surface area contributed by atoms with Gasteiger partial charge in [0, 0.05) is 6.04 Å². The van der Waals surface area contributed by atoms with E-state index in [4.69, 9.17) is 5.84 Å². The molecular weight excluding hydrogens is 166 g/mol. The van der Waals surface area contributed by atoms with Crippen molar-refractivity contribution in [3.05, 3.63) is 0 Å². The molecule has 0 bridgehead atoms. The standard InChI is InChI=1S/C9H19N3O/c1-7(11-9(13)12-10)8-5-3-2-4-6-8/h7-8H,2-6,10H2,1H3,(H2,11,12,13). The normalized spacial score (nSPS) is 20.8. The first-order chi connectivity index (χ1) is 6.24. The number of carbonyl (C=O) groups excluding carboxylic acids is 1. The molecule has 0 radical (unpaired) electrons. The van der Waals surface area contributed by atoms with Gasteiger partial charge in [0.15, 0.2) is 0 Å². The zero-order chi connectivity index (χ0) is 9.68. The second-order valence-corrected chi connectivity index (χ2v) is 3.80. The maximum absolute atomic E-state index is 10.9. The number of nitrogens with one attached hydrogen (secondary N) is 2. The van der Waals surface area contributed by atoms with Crippen molar-refractivity contribution in [2.75, 3.05) is 0 Å². The van der Waals surface area contributed by atoms with E-state index in [1.54, 1.807) is 0 Å². The van der Waals surface area contributed by atoms with E-state index >= 15 is 0 Å². The van der Waals surface area contributed by atoms with E-state index in [0.717, 1.165) is 0 Å². The Morgan fingerprint density at radius 2 is 2.00 bits per heavy atom. The van der Waals surface area contributed by atoms with Gasteiger partial charge in [0.05, 0.1) is 0 Å². The molecule has 1 aliphatic carbocycles. The first-order valence-electron chi connectivity index (χ1n) is 5.01. The molecule has 1 atom stereocenters. The van der Waals surface area contributed by atoms with E-state index in [0.29, 0.717) is 5.92 Å². The number of amides is 2. The average Bonchev–Trinajstić information content (AvgIpc) is 2.19. The molecule has 0 aliphatic heterocycles. The van der Waals surface area contributed by atoms with Gasteiger partial charge < -0.3 is 5.32 Å². The molecule has 0 heterocycles. The minimum atomic E-state index is -0.280. The highest BCUT2D eigenvalue weighted by molar-refractivity contribution is 5.73. The predicted molar refractivity (Wildman–Crippen MR) is 51.9 cm³/mol. The van der Waals surface area contributed by atoms with Gasteiger partial charge in [-0.1, -0.05) is 19.3 Å². The van der Waals surface area contributed by atoms with Crippen LogP contribution in [-0.2, 0) is 0 Å². The molecule has 1 aliphatic rings. The topological polar surface area (TPSA) is 67.2 Å². The predicted octanol–water partition coefficient (Wildman–Crippen LogP) is 1.13. The number of rotatable bonds is 2. The maximum atomic E-state index is 10.9. The lowest BCUT2D eigenvalue weighted by atomic mass is 9.85. The van der Waals surface area contributed by atoms with Crippen molar-refractivity contribution in [1.82, 2.24) is 10.7 Å².